The number of ether oxygens (including phenoxy) is 2. The zero-order valence-electron chi connectivity index (χ0n) is 12.9. The third-order valence-corrected chi connectivity index (χ3v) is 3.01. The number of hydrogen-bond donors (Lipinski definition) is 0. The number of cyclic esters (lactones) is 2. The van der Waals surface area contributed by atoms with Crippen LogP contribution in [-0.2, 0) is 19.1 Å². The molecule has 1 aliphatic heterocycles. The molecule has 22 heavy (non-hydrogen) atoms. The molecule has 1 amide bonds. The summed E-state index contributed by atoms with van der Waals surface area (Å²) in [5.41, 5.74) is 0.591. The molecule has 0 radical (unpaired) electrons. The maximum absolute atomic E-state index is 12.1. The Hall–Kier alpha value is -2.63. The molecule has 116 valence electrons. The van der Waals surface area contributed by atoms with Gasteiger partial charge in [-0.25, -0.2) is 9.59 Å². The Morgan fingerprint density at radius 3 is 2.18 bits per heavy atom. The van der Waals surface area contributed by atoms with E-state index in [0.717, 1.165) is 0 Å². The maximum Gasteiger partial charge on any atom is 0.348 e. The molecule has 0 aliphatic carbocycles. The molecule has 0 bridgehead atoms. The standard InChI is InChI=1S/C16H17NO5/c1-16(2)21-14(19)12(15(20)22-16)9-10-7-5-6-8-11(10)13(18)17(3)4/h5-9H,1-4H3. The predicted octanol–water partition coefficient (Wildman–Crippen LogP) is 1.61. The second kappa shape index (κ2) is 5.63. The zero-order chi connectivity index (χ0) is 16.5. The van der Waals surface area contributed by atoms with Crippen LogP contribution in [-0.4, -0.2) is 42.6 Å². The molecule has 1 aromatic carbocycles. The summed E-state index contributed by atoms with van der Waals surface area (Å²) < 4.78 is 10.1. The number of carbonyl (C=O) groups excluding carboxylic acids is 3. The van der Waals surface area contributed by atoms with Gasteiger partial charge in [0.05, 0.1) is 0 Å². The third kappa shape index (κ3) is 3.16. The Balaban J connectivity index is 2.44. The second-order valence-corrected chi connectivity index (χ2v) is 5.52. The van der Waals surface area contributed by atoms with Crippen molar-refractivity contribution in [1.82, 2.24) is 4.90 Å². The summed E-state index contributed by atoms with van der Waals surface area (Å²) in [6.45, 7) is 2.95. The molecule has 6 heteroatoms. The van der Waals surface area contributed by atoms with Crippen LogP contribution in [0.1, 0.15) is 29.8 Å². The average Bonchev–Trinajstić information content (AvgIpc) is 2.41. The van der Waals surface area contributed by atoms with Gasteiger partial charge >= 0.3 is 11.9 Å². The van der Waals surface area contributed by atoms with Gasteiger partial charge in [0.1, 0.15) is 5.57 Å². The van der Waals surface area contributed by atoms with Crippen molar-refractivity contribution in [1.29, 1.82) is 0 Å². The molecule has 0 unspecified atom stereocenters. The highest BCUT2D eigenvalue weighted by molar-refractivity contribution is 6.19. The van der Waals surface area contributed by atoms with Crippen LogP contribution in [0, 0.1) is 0 Å². The molecule has 0 spiro atoms. The number of carbonyl (C=O) groups is 3. The molecular weight excluding hydrogens is 286 g/mol. The van der Waals surface area contributed by atoms with Crippen molar-refractivity contribution in [3.05, 3.63) is 41.0 Å². The molecule has 1 heterocycles. The highest BCUT2D eigenvalue weighted by Gasteiger charge is 2.39. The Bertz CT molecular complexity index is 651. The van der Waals surface area contributed by atoms with Crippen LogP contribution in [0.2, 0.25) is 0 Å². The first-order valence-electron chi connectivity index (χ1n) is 6.70. The van der Waals surface area contributed by atoms with Crippen LogP contribution in [0.25, 0.3) is 6.08 Å². The average molecular weight is 303 g/mol. The van der Waals surface area contributed by atoms with Crippen molar-refractivity contribution in [3.8, 4) is 0 Å². The minimum absolute atomic E-state index is 0.231. The summed E-state index contributed by atoms with van der Waals surface area (Å²) in [5, 5.41) is 0. The summed E-state index contributed by atoms with van der Waals surface area (Å²) in [7, 11) is 3.25. The molecule has 1 saturated heterocycles. The quantitative estimate of drug-likeness (QED) is 0.471. The van der Waals surface area contributed by atoms with E-state index in [9.17, 15) is 14.4 Å². The Labute approximate surface area is 128 Å². The monoisotopic (exact) mass is 303 g/mol. The van der Waals surface area contributed by atoms with Crippen LogP contribution in [0.4, 0.5) is 0 Å². The first-order valence-corrected chi connectivity index (χ1v) is 6.70. The highest BCUT2D eigenvalue weighted by atomic mass is 16.7. The summed E-state index contributed by atoms with van der Waals surface area (Å²) in [6, 6.07) is 6.68. The first-order chi connectivity index (χ1) is 10.2. The van der Waals surface area contributed by atoms with Gasteiger partial charge in [-0.05, 0) is 17.7 Å². The molecule has 1 aromatic rings. The van der Waals surface area contributed by atoms with Gasteiger partial charge in [-0.1, -0.05) is 18.2 Å². The van der Waals surface area contributed by atoms with Crippen LogP contribution in [0.5, 0.6) is 0 Å². The third-order valence-electron chi connectivity index (χ3n) is 3.01. The van der Waals surface area contributed by atoms with Crippen LogP contribution < -0.4 is 0 Å². The molecule has 0 N–H and O–H groups in total. The van der Waals surface area contributed by atoms with Gasteiger partial charge in [-0.3, -0.25) is 4.79 Å². The van der Waals surface area contributed by atoms with Crippen LogP contribution in [0.3, 0.4) is 0 Å². The number of nitrogens with zero attached hydrogens (tertiary/aromatic N) is 1. The van der Waals surface area contributed by atoms with Gasteiger partial charge in [-0.15, -0.1) is 0 Å². The highest BCUT2D eigenvalue weighted by Crippen LogP contribution is 2.25. The normalized spacial score (nSPS) is 16.6. The summed E-state index contributed by atoms with van der Waals surface area (Å²) in [6.07, 6.45) is 1.32. The fraction of sp³-hybridized carbons (Fsp3) is 0.312. The Kier molecular flexibility index (Phi) is 4.03. The summed E-state index contributed by atoms with van der Waals surface area (Å²) >= 11 is 0. The van der Waals surface area contributed by atoms with E-state index in [1.807, 2.05) is 0 Å². The molecule has 0 aromatic heterocycles. The number of amides is 1. The zero-order valence-corrected chi connectivity index (χ0v) is 12.9. The Morgan fingerprint density at radius 2 is 1.64 bits per heavy atom. The predicted molar refractivity (Wildman–Crippen MR) is 78.7 cm³/mol. The van der Waals surface area contributed by atoms with Crippen molar-refractivity contribution in [2.45, 2.75) is 19.6 Å². The number of rotatable bonds is 2. The topological polar surface area (TPSA) is 72.9 Å². The summed E-state index contributed by atoms with van der Waals surface area (Å²) in [4.78, 5) is 37.5. The van der Waals surface area contributed by atoms with E-state index in [4.69, 9.17) is 9.47 Å². The van der Waals surface area contributed by atoms with Gasteiger partial charge in [0.15, 0.2) is 0 Å². The van der Waals surface area contributed by atoms with E-state index < -0.39 is 17.7 Å². The molecule has 1 aliphatic rings. The van der Waals surface area contributed by atoms with E-state index in [1.54, 1.807) is 38.4 Å². The van der Waals surface area contributed by atoms with Gasteiger partial charge in [-0.2, -0.15) is 0 Å². The largest absolute Gasteiger partial charge is 0.419 e. The lowest BCUT2D eigenvalue weighted by Gasteiger charge is -2.29. The lowest BCUT2D eigenvalue weighted by Crippen LogP contribution is -2.41. The van der Waals surface area contributed by atoms with Crippen molar-refractivity contribution in [2.75, 3.05) is 14.1 Å². The molecule has 0 saturated carbocycles. The fourth-order valence-electron chi connectivity index (χ4n) is 1.99. The van der Waals surface area contributed by atoms with Crippen LogP contribution in [0.15, 0.2) is 29.8 Å². The number of esters is 2. The SMILES string of the molecule is CN(C)C(=O)c1ccccc1C=C1C(=O)OC(C)(C)OC1=O. The molecule has 1 fully saturated rings. The minimum Gasteiger partial charge on any atom is -0.419 e. The van der Waals surface area contributed by atoms with Crippen molar-refractivity contribution in [3.63, 3.8) is 0 Å². The van der Waals surface area contributed by atoms with Gasteiger partial charge in [0.25, 0.3) is 11.7 Å². The summed E-state index contributed by atoms with van der Waals surface area (Å²) in [5.74, 6) is -3.06. The minimum atomic E-state index is -1.29. The second-order valence-electron chi connectivity index (χ2n) is 5.52. The lowest BCUT2D eigenvalue weighted by atomic mass is 10.0. The van der Waals surface area contributed by atoms with Gasteiger partial charge in [0.2, 0.25) is 0 Å². The van der Waals surface area contributed by atoms with Crippen molar-refractivity contribution in [2.24, 2.45) is 0 Å². The molecule has 0 atom stereocenters. The maximum atomic E-state index is 12.1. The number of hydrogen-bond acceptors (Lipinski definition) is 5. The lowest BCUT2D eigenvalue weighted by molar-refractivity contribution is -0.222. The van der Waals surface area contributed by atoms with E-state index in [-0.39, 0.29) is 11.5 Å². The van der Waals surface area contributed by atoms with E-state index in [0.29, 0.717) is 11.1 Å². The van der Waals surface area contributed by atoms with E-state index >= 15 is 0 Å². The van der Waals surface area contributed by atoms with Crippen LogP contribution >= 0.6 is 0 Å². The number of benzene rings is 1. The van der Waals surface area contributed by atoms with Gasteiger partial charge < -0.3 is 14.4 Å². The van der Waals surface area contributed by atoms with Gasteiger partial charge in [0, 0.05) is 33.5 Å². The molecule has 6 nitrogen and oxygen atoms in total. The Morgan fingerprint density at radius 1 is 1.09 bits per heavy atom. The van der Waals surface area contributed by atoms with Crippen molar-refractivity contribution >= 4 is 23.9 Å². The van der Waals surface area contributed by atoms with E-state index in [2.05, 4.69) is 0 Å². The fourth-order valence-corrected chi connectivity index (χ4v) is 1.99. The smallest absolute Gasteiger partial charge is 0.348 e. The van der Waals surface area contributed by atoms with E-state index in [1.165, 1.54) is 24.8 Å². The molecular formula is C16H17NO5. The molecule has 2 rings (SSSR count). The first kappa shape index (κ1) is 15.8. The van der Waals surface area contributed by atoms with Crippen molar-refractivity contribution < 1.29 is 23.9 Å².